The van der Waals surface area contributed by atoms with Gasteiger partial charge in [0.1, 0.15) is 5.82 Å². The highest BCUT2D eigenvalue weighted by Gasteiger charge is 2.42. The van der Waals surface area contributed by atoms with Crippen LogP contribution >= 0.6 is 11.6 Å². The van der Waals surface area contributed by atoms with Crippen LogP contribution in [0.15, 0.2) is 24.4 Å². The van der Waals surface area contributed by atoms with Crippen LogP contribution in [0.5, 0.6) is 0 Å². The predicted octanol–water partition coefficient (Wildman–Crippen LogP) is 5.71. The average molecular weight is 442 g/mol. The monoisotopic (exact) mass is 441 g/mol. The molecule has 31 heavy (non-hydrogen) atoms. The van der Waals surface area contributed by atoms with Gasteiger partial charge in [0.05, 0.1) is 10.9 Å². The summed E-state index contributed by atoms with van der Waals surface area (Å²) in [5, 5.41) is 15.8. The average Bonchev–Trinajstić information content (AvgIpc) is 2.98. The maximum Gasteiger partial charge on any atom is 0.306 e. The van der Waals surface area contributed by atoms with E-state index in [-0.39, 0.29) is 5.92 Å². The number of fused-ring (bicyclic) bond motifs is 3. The summed E-state index contributed by atoms with van der Waals surface area (Å²) in [5.41, 5.74) is 1.25. The number of hydrogen-bond acceptors (Lipinski definition) is 4. The minimum Gasteiger partial charge on any atom is -0.481 e. The van der Waals surface area contributed by atoms with Crippen molar-refractivity contribution in [2.24, 2.45) is 11.8 Å². The summed E-state index contributed by atoms with van der Waals surface area (Å²) in [6, 6.07) is 7.73. The van der Waals surface area contributed by atoms with Crippen LogP contribution in [0.2, 0.25) is 5.02 Å². The lowest BCUT2D eigenvalue weighted by atomic mass is 9.87. The van der Waals surface area contributed by atoms with Crippen molar-refractivity contribution in [1.29, 1.82) is 0 Å². The maximum absolute atomic E-state index is 11.4. The van der Waals surface area contributed by atoms with Gasteiger partial charge in [-0.15, -0.1) is 0 Å². The van der Waals surface area contributed by atoms with Crippen LogP contribution in [-0.4, -0.2) is 39.1 Å². The summed E-state index contributed by atoms with van der Waals surface area (Å²) < 4.78 is 0. The molecule has 166 valence electrons. The highest BCUT2D eigenvalue weighted by molar-refractivity contribution is 6.37. The first kappa shape index (κ1) is 21.0. The summed E-state index contributed by atoms with van der Waals surface area (Å²) in [4.78, 5) is 18.6. The van der Waals surface area contributed by atoms with E-state index in [2.05, 4.69) is 40.3 Å². The summed E-state index contributed by atoms with van der Waals surface area (Å²) in [6.07, 6.45) is 10.6. The number of carbonyl (C=O) groups is 1. The van der Waals surface area contributed by atoms with E-state index in [1.807, 2.05) is 6.20 Å². The fourth-order valence-corrected chi connectivity index (χ4v) is 6.25. The number of rotatable bonds is 5. The largest absolute Gasteiger partial charge is 0.481 e. The van der Waals surface area contributed by atoms with E-state index in [9.17, 15) is 9.90 Å². The van der Waals surface area contributed by atoms with E-state index in [4.69, 9.17) is 11.6 Å². The summed E-state index contributed by atoms with van der Waals surface area (Å²) in [6.45, 7) is 3.20. The molecule has 1 aromatic carbocycles. The number of benzene rings is 1. The zero-order valence-electron chi connectivity index (χ0n) is 18.2. The fraction of sp³-hybridized carbons (Fsp3) is 0.600. The molecule has 6 heteroatoms. The van der Waals surface area contributed by atoms with Gasteiger partial charge >= 0.3 is 5.97 Å². The first-order chi connectivity index (χ1) is 15.0. The Hall–Kier alpha value is -1.85. The zero-order valence-corrected chi connectivity index (χ0v) is 18.9. The normalized spacial score (nSPS) is 31.1. The molecule has 5 rings (SSSR count). The molecular formula is C25H32ClN3O2. The van der Waals surface area contributed by atoms with E-state index >= 15 is 0 Å². The SMILES string of the molecule is CC1CCC(Nc2ncc3cc(CN4C5CCC4CC(C(=O)O)C5)ccc3c2Cl)CC1. The molecule has 3 aliphatic rings. The van der Waals surface area contributed by atoms with Gasteiger partial charge in [-0.2, -0.15) is 0 Å². The predicted molar refractivity (Wildman–Crippen MR) is 125 cm³/mol. The summed E-state index contributed by atoms with van der Waals surface area (Å²) in [5.74, 6) is 0.818. The number of carboxylic acids is 1. The second-order valence-corrected chi connectivity index (χ2v) is 10.4. The van der Waals surface area contributed by atoms with Crippen molar-refractivity contribution < 1.29 is 9.90 Å². The van der Waals surface area contributed by atoms with E-state index in [0.717, 1.165) is 54.7 Å². The van der Waals surface area contributed by atoms with Crippen molar-refractivity contribution in [1.82, 2.24) is 9.88 Å². The summed E-state index contributed by atoms with van der Waals surface area (Å²) >= 11 is 6.74. The Morgan fingerprint density at radius 3 is 2.55 bits per heavy atom. The van der Waals surface area contributed by atoms with E-state index in [1.54, 1.807) is 0 Å². The third-order valence-electron chi connectivity index (χ3n) is 7.85. The molecule has 2 bridgehead atoms. The Bertz CT molecular complexity index is 959. The van der Waals surface area contributed by atoms with E-state index in [1.165, 1.54) is 31.2 Å². The molecule has 1 aromatic heterocycles. The van der Waals surface area contributed by atoms with Crippen LogP contribution in [0.1, 0.15) is 63.9 Å². The molecule has 2 saturated heterocycles. The highest BCUT2D eigenvalue weighted by atomic mass is 35.5. The van der Waals surface area contributed by atoms with E-state index < -0.39 is 5.97 Å². The van der Waals surface area contributed by atoms with Gasteiger partial charge in [0, 0.05) is 41.6 Å². The van der Waals surface area contributed by atoms with Crippen LogP contribution in [-0.2, 0) is 11.3 Å². The van der Waals surface area contributed by atoms with Gasteiger partial charge in [0.25, 0.3) is 0 Å². The Labute approximate surface area is 189 Å². The molecule has 3 heterocycles. The maximum atomic E-state index is 11.4. The number of piperidine rings is 1. The van der Waals surface area contributed by atoms with Crippen LogP contribution in [0.25, 0.3) is 10.8 Å². The van der Waals surface area contributed by atoms with Crippen molar-refractivity contribution in [3.05, 3.63) is 35.0 Å². The number of aromatic nitrogens is 1. The van der Waals surface area contributed by atoms with Crippen molar-refractivity contribution in [3.63, 3.8) is 0 Å². The van der Waals surface area contributed by atoms with Gasteiger partial charge in [0.2, 0.25) is 0 Å². The number of nitrogens with one attached hydrogen (secondary N) is 1. The van der Waals surface area contributed by atoms with Gasteiger partial charge in [0.15, 0.2) is 0 Å². The topological polar surface area (TPSA) is 65.5 Å². The Balaban J connectivity index is 1.30. The molecule has 2 aromatic rings. The van der Waals surface area contributed by atoms with Gasteiger partial charge in [-0.1, -0.05) is 30.7 Å². The smallest absolute Gasteiger partial charge is 0.306 e. The standard InChI is InChI=1S/C25H32ClN3O2/c1-15-2-5-19(6-3-15)28-24-23(26)22-9-4-16(10-18(22)13-27-24)14-29-20-7-8-21(29)12-17(11-20)25(30)31/h4,9-10,13,15,17,19-21H,2-3,5-8,11-12,14H2,1H3,(H,27,28)(H,30,31). The molecular weight excluding hydrogens is 410 g/mol. The molecule has 3 fully saturated rings. The van der Waals surface area contributed by atoms with Crippen molar-refractivity contribution in [2.45, 2.75) is 83.0 Å². The van der Waals surface area contributed by atoms with Crippen LogP contribution in [0, 0.1) is 11.8 Å². The third kappa shape index (κ3) is 4.27. The van der Waals surface area contributed by atoms with Crippen molar-refractivity contribution in [3.8, 4) is 0 Å². The highest BCUT2D eigenvalue weighted by Crippen LogP contribution is 2.40. The van der Waals surface area contributed by atoms with Crippen LogP contribution in [0.4, 0.5) is 5.82 Å². The molecule has 0 amide bonds. The zero-order chi connectivity index (χ0) is 21.5. The Morgan fingerprint density at radius 1 is 1.16 bits per heavy atom. The summed E-state index contributed by atoms with van der Waals surface area (Å²) in [7, 11) is 0. The number of anilines is 1. The lowest BCUT2D eigenvalue weighted by molar-refractivity contribution is -0.144. The number of nitrogens with zero attached hydrogens (tertiary/aromatic N) is 2. The van der Waals surface area contributed by atoms with Crippen molar-refractivity contribution >= 4 is 34.2 Å². The van der Waals surface area contributed by atoms with Gasteiger partial charge in [-0.3, -0.25) is 9.69 Å². The molecule has 2 N–H and O–H groups in total. The molecule has 2 unspecified atom stereocenters. The van der Waals surface area contributed by atoms with Gasteiger partial charge in [-0.05, 0) is 68.9 Å². The second-order valence-electron chi connectivity index (χ2n) is 10.0. The molecule has 5 nitrogen and oxygen atoms in total. The number of pyridine rings is 1. The first-order valence-electron chi connectivity index (χ1n) is 11.8. The molecule has 1 aliphatic carbocycles. The van der Waals surface area contributed by atoms with Crippen molar-refractivity contribution in [2.75, 3.05) is 5.32 Å². The third-order valence-corrected chi connectivity index (χ3v) is 8.23. The molecule has 0 radical (unpaired) electrons. The minimum absolute atomic E-state index is 0.174. The van der Waals surface area contributed by atoms with E-state index in [0.29, 0.717) is 23.1 Å². The Kier molecular flexibility index (Phi) is 5.82. The molecule has 2 aliphatic heterocycles. The molecule has 0 spiro atoms. The molecule has 2 atom stereocenters. The number of carboxylic acid groups (broad SMARTS) is 1. The van der Waals surface area contributed by atoms with Crippen LogP contribution in [0.3, 0.4) is 0 Å². The second kappa shape index (κ2) is 8.59. The number of halogens is 1. The minimum atomic E-state index is -0.630. The first-order valence-corrected chi connectivity index (χ1v) is 12.2. The number of aliphatic carboxylic acids is 1. The lowest BCUT2D eigenvalue weighted by Crippen LogP contribution is -2.44. The van der Waals surface area contributed by atoms with Crippen LogP contribution < -0.4 is 5.32 Å². The van der Waals surface area contributed by atoms with Gasteiger partial charge < -0.3 is 10.4 Å². The molecule has 1 saturated carbocycles. The lowest BCUT2D eigenvalue weighted by Gasteiger charge is -2.37. The van der Waals surface area contributed by atoms with Gasteiger partial charge in [-0.25, -0.2) is 4.98 Å². The Morgan fingerprint density at radius 2 is 1.87 bits per heavy atom. The fourth-order valence-electron chi connectivity index (χ4n) is 5.98. The number of hydrogen-bond donors (Lipinski definition) is 2. The quantitative estimate of drug-likeness (QED) is 0.622.